The summed E-state index contributed by atoms with van der Waals surface area (Å²) in [6.45, 7) is 6.41. The van der Waals surface area contributed by atoms with Crippen molar-refractivity contribution in [2.45, 2.75) is 52.2 Å². The Bertz CT molecular complexity index is 816. The largest absolute Gasteiger partial charge is 0.342 e. The molecule has 0 radical (unpaired) electrons. The minimum absolute atomic E-state index is 0.0329. The molecule has 1 fully saturated rings. The molecule has 0 saturated carbocycles. The van der Waals surface area contributed by atoms with E-state index in [0.717, 1.165) is 36.0 Å². The van der Waals surface area contributed by atoms with Crippen LogP contribution in [0.15, 0.2) is 24.3 Å². The number of fused-ring (bicyclic) bond motifs is 1. The molecule has 0 aliphatic carbocycles. The highest BCUT2D eigenvalue weighted by atomic mass is 16.2. The van der Waals surface area contributed by atoms with E-state index < -0.39 is 0 Å². The summed E-state index contributed by atoms with van der Waals surface area (Å²) in [5.74, 6) is 0.0329. The predicted molar refractivity (Wildman–Crippen MR) is 105 cm³/mol. The quantitative estimate of drug-likeness (QED) is 0.848. The van der Waals surface area contributed by atoms with Gasteiger partial charge < -0.3 is 15.1 Å². The summed E-state index contributed by atoms with van der Waals surface area (Å²) >= 11 is 0. The van der Waals surface area contributed by atoms with Crippen LogP contribution in [-0.2, 0) is 17.9 Å². The lowest BCUT2D eigenvalue weighted by molar-refractivity contribution is -0.138. The molecule has 3 amide bonds. The molecule has 0 spiro atoms. The fraction of sp³-hybridized carbons (Fsp3) is 0.550. The molecule has 27 heavy (non-hydrogen) atoms. The van der Waals surface area contributed by atoms with Gasteiger partial charge in [-0.05, 0) is 19.4 Å². The minimum Gasteiger partial charge on any atom is -0.342 e. The standard InChI is InChI=1S/C20H29N5O2/c1-4-6-10-18-19(26)23(3)12-13-24(18)20(27)21-14-16-15-9-7-8-11-17(15)25(5-2)22-16/h7-9,11,18H,4-6,10,12-14H2,1-3H3,(H,21,27)/t18-/m1/s1. The Morgan fingerprint density at radius 1 is 1.26 bits per heavy atom. The van der Waals surface area contributed by atoms with Gasteiger partial charge in [-0.1, -0.05) is 38.0 Å². The summed E-state index contributed by atoms with van der Waals surface area (Å²) in [4.78, 5) is 28.8. The Morgan fingerprint density at radius 2 is 2.04 bits per heavy atom. The highest BCUT2D eigenvalue weighted by Crippen LogP contribution is 2.19. The zero-order valence-corrected chi connectivity index (χ0v) is 16.4. The number of aromatic nitrogens is 2. The lowest BCUT2D eigenvalue weighted by Gasteiger charge is -2.39. The van der Waals surface area contributed by atoms with Crippen LogP contribution < -0.4 is 5.32 Å². The van der Waals surface area contributed by atoms with Gasteiger partial charge in [-0.15, -0.1) is 0 Å². The number of aryl methyl sites for hydroxylation is 1. The second kappa shape index (κ2) is 8.41. The van der Waals surface area contributed by atoms with Crippen molar-refractivity contribution in [3.05, 3.63) is 30.0 Å². The van der Waals surface area contributed by atoms with Crippen molar-refractivity contribution in [1.82, 2.24) is 24.9 Å². The molecule has 7 nitrogen and oxygen atoms in total. The fourth-order valence-corrected chi connectivity index (χ4v) is 3.66. The number of piperazine rings is 1. The van der Waals surface area contributed by atoms with Crippen molar-refractivity contribution < 1.29 is 9.59 Å². The van der Waals surface area contributed by atoms with Crippen molar-refractivity contribution in [3.63, 3.8) is 0 Å². The molecule has 1 saturated heterocycles. The number of hydrogen-bond acceptors (Lipinski definition) is 3. The Labute approximate surface area is 160 Å². The van der Waals surface area contributed by atoms with E-state index in [2.05, 4.69) is 24.3 Å². The van der Waals surface area contributed by atoms with E-state index in [1.54, 1.807) is 16.8 Å². The molecule has 146 valence electrons. The van der Waals surface area contributed by atoms with Gasteiger partial charge >= 0.3 is 6.03 Å². The van der Waals surface area contributed by atoms with E-state index in [1.807, 2.05) is 28.9 Å². The molecular formula is C20H29N5O2. The van der Waals surface area contributed by atoms with Gasteiger partial charge in [0, 0.05) is 32.1 Å². The molecule has 1 aromatic carbocycles. The number of carbonyl (C=O) groups excluding carboxylic acids is 2. The van der Waals surface area contributed by atoms with Gasteiger partial charge in [0.15, 0.2) is 0 Å². The molecule has 0 unspecified atom stereocenters. The van der Waals surface area contributed by atoms with Crippen molar-refractivity contribution in [3.8, 4) is 0 Å². The van der Waals surface area contributed by atoms with Crippen molar-refractivity contribution >= 4 is 22.8 Å². The number of carbonyl (C=O) groups is 2. The number of hydrogen-bond donors (Lipinski definition) is 1. The minimum atomic E-state index is -0.367. The molecule has 3 rings (SSSR count). The summed E-state index contributed by atoms with van der Waals surface area (Å²) in [7, 11) is 1.81. The van der Waals surface area contributed by atoms with Gasteiger partial charge in [0.25, 0.3) is 0 Å². The summed E-state index contributed by atoms with van der Waals surface area (Å²) < 4.78 is 1.94. The molecule has 1 aromatic heterocycles. The highest BCUT2D eigenvalue weighted by Gasteiger charge is 2.35. The first-order valence-electron chi connectivity index (χ1n) is 9.80. The average Bonchev–Trinajstić information content (AvgIpc) is 3.05. The smallest absolute Gasteiger partial charge is 0.318 e. The number of amides is 3. The molecule has 2 heterocycles. The first-order valence-corrected chi connectivity index (χ1v) is 9.80. The van der Waals surface area contributed by atoms with E-state index in [-0.39, 0.29) is 18.0 Å². The van der Waals surface area contributed by atoms with Crippen LogP contribution in [0.5, 0.6) is 0 Å². The molecule has 1 atom stereocenters. The maximum atomic E-state index is 12.8. The number of nitrogens with zero attached hydrogens (tertiary/aromatic N) is 4. The summed E-state index contributed by atoms with van der Waals surface area (Å²) in [6, 6.07) is 7.49. The number of nitrogens with one attached hydrogen (secondary N) is 1. The number of unbranched alkanes of at least 4 members (excludes halogenated alkanes) is 1. The third-order valence-electron chi connectivity index (χ3n) is 5.25. The van der Waals surface area contributed by atoms with Crippen LogP contribution in [0.3, 0.4) is 0 Å². The summed E-state index contributed by atoms with van der Waals surface area (Å²) in [5.41, 5.74) is 1.92. The third kappa shape index (κ3) is 3.91. The van der Waals surface area contributed by atoms with Gasteiger partial charge in [-0.25, -0.2) is 4.79 Å². The molecule has 2 aromatic rings. The molecule has 7 heteroatoms. The van der Waals surface area contributed by atoms with E-state index >= 15 is 0 Å². The zero-order valence-electron chi connectivity index (χ0n) is 16.4. The summed E-state index contributed by atoms with van der Waals surface area (Å²) in [5, 5.41) is 8.66. The number of likely N-dealkylation sites (N-methyl/N-ethyl adjacent to an activating group) is 1. The van der Waals surface area contributed by atoms with Crippen LogP contribution in [0.4, 0.5) is 4.79 Å². The van der Waals surface area contributed by atoms with Crippen molar-refractivity contribution in [1.29, 1.82) is 0 Å². The van der Waals surface area contributed by atoms with Crippen LogP contribution in [0, 0.1) is 0 Å². The topological polar surface area (TPSA) is 70.5 Å². The normalized spacial score (nSPS) is 17.6. The van der Waals surface area contributed by atoms with Crippen molar-refractivity contribution in [2.75, 3.05) is 20.1 Å². The van der Waals surface area contributed by atoms with Gasteiger partial charge in [-0.3, -0.25) is 9.48 Å². The molecule has 0 bridgehead atoms. The van der Waals surface area contributed by atoms with E-state index in [9.17, 15) is 9.59 Å². The number of rotatable bonds is 6. The zero-order chi connectivity index (χ0) is 19.4. The van der Waals surface area contributed by atoms with Crippen LogP contribution in [0.1, 0.15) is 38.8 Å². The number of urea groups is 1. The van der Waals surface area contributed by atoms with E-state index in [1.165, 1.54) is 0 Å². The predicted octanol–water partition coefficient (Wildman–Crippen LogP) is 2.60. The van der Waals surface area contributed by atoms with Gasteiger partial charge in [0.05, 0.1) is 17.8 Å². The Morgan fingerprint density at radius 3 is 2.78 bits per heavy atom. The average molecular weight is 371 g/mol. The maximum Gasteiger partial charge on any atom is 0.318 e. The SMILES string of the molecule is CCCC[C@@H]1C(=O)N(C)CCN1C(=O)NCc1nn(CC)c2ccccc12. The molecule has 1 aliphatic heterocycles. The molecular weight excluding hydrogens is 342 g/mol. The second-order valence-corrected chi connectivity index (χ2v) is 7.05. The molecule has 1 N–H and O–H groups in total. The number of benzene rings is 1. The lowest BCUT2D eigenvalue weighted by Crippen LogP contribution is -2.59. The monoisotopic (exact) mass is 371 g/mol. The van der Waals surface area contributed by atoms with Gasteiger partial charge in [0.1, 0.15) is 6.04 Å². The van der Waals surface area contributed by atoms with E-state index in [0.29, 0.717) is 26.1 Å². The number of para-hydroxylation sites is 1. The fourth-order valence-electron chi connectivity index (χ4n) is 3.66. The Balaban J connectivity index is 1.72. The first kappa shape index (κ1) is 19.2. The Hall–Kier alpha value is -2.57. The Kier molecular flexibility index (Phi) is 5.98. The first-order chi connectivity index (χ1) is 13.1. The van der Waals surface area contributed by atoms with Gasteiger partial charge in [-0.2, -0.15) is 5.10 Å². The molecule has 1 aliphatic rings. The van der Waals surface area contributed by atoms with Gasteiger partial charge in [0.2, 0.25) is 5.91 Å². The van der Waals surface area contributed by atoms with Crippen LogP contribution >= 0.6 is 0 Å². The van der Waals surface area contributed by atoms with Crippen LogP contribution in [0.25, 0.3) is 10.9 Å². The summed E-state index contributed by atoms with van der Waals surface area (Å²) in [6.07, 6.45) is 2.64. The highest BCUT2D eigenvalue weighted by molar-refractivity contribution is 5.88. The van der Waals surface area contributed by atoms with E-state index in [4.69, 9.17) is 0 Å². The third-order valence-corrected chi connectivity index (χ3v) is 5.25. The lowest BCUT2D eigenvalue weighted by atomic mass is 10.0. The van der Waals surface area contributed by atoms with Crippen LogP contribution in [-0.4, -0.2) is 57.7 Å². The van der Waals surface area contributed by atoms with Crippen molar-refractivity contribution in [2.24, 2.45) is 0 Å². The second-order valence-electron chi connectivity index (χ2n) is 7.05. The van der Waals surface area contributed by atoms with Crippen LogP contribution in [0.2, 0.25) is 0 Å². The maximum absolute atomic E-state index is 12.8.